The minimum atomic E-state index is -0.825. The van der Waals surface area contributed by atoms with E-state index in [4.69, 9.17) is 23.7 Å². The topological polar surface area (TPSA) is 32.3 Å². The second kappa shape index (κ2) is 15.2. The van der Waals surface area contributed by atoms with Crippen molar-refractivity contribution in [3.8, 4) is 56.2 Å². The number of benzene rings is 10. The van der Waals surface area contributed by atoms with Crippen LogP contribution in [0.1, 0.15) is 41.5 Å². The van der Waals surface area contributed by atoms with Crippen LogP contribution in [0.3, 0.4) is 0 Å². The van der Waals surface area contributed by atoms with Gasteiger partial charge in [0, 0.05) is 50.8 Å². The zero-order valence-electron chi connectivity index (χ0n) is 48.2. The molecule has 0 bridgehead atoms. The third kappa shape index (κ3) is 5.69. The number of hydrogen-bond donors (Lipinski definition) is 0. The third-order valence-electron chi connectivity index (χ3n) is 14.9. The fraction of sp³-hybridized carbons (Fsp3) is 0.0303. The standard InChI is InChI=1S/C66H43BN4/c1-42-36-62-64-63(37-42)71(47-26-12-5-13-27-47)61-40-55-51(39-57(61)67(64)56-32-18-19-33-60(56)70(62)46-24-10-4-11-25-46)49-29-15-17-31-53(49)66(55)52-30-16-14-28-48(52)50-38-45(34-35-54(50)66)65-68-58(43-20-6-2-7-21-43)41-59(69-65)44-22-8-3-9-23-44/h2-41H,1H3/i2D,3D,6D,7D,8D,9D,20D,21D,22D,23D. The van der Waals surface area contributed by atoms with Crippen molar-refractivity contribution in [1.82, 2.24) is 9.97 Å². The predicted molar refractivity (Wildman–Crippen MR) is 293 cm³/mol. The molecule has 0 radical (unpaired) electrons. The lowest BCUT2D eigenvalue weighted by atomic mass is 9.33. The van der Waals surface area contributed by atoms with E-state index in [2.05, 4.69) is 174 Å². The van der Waals surface area contributed by atoms with Gasteiger partial charge >= 0.3 is 0 Å². The highest BCUT2D eigenvalue weighted by Gasteiger charge is 2.53. The van der Waals surface area contributed by atoms with Crippen molar-refractivity contribution in [2.75, 3.05) is 9.80 Å². The molecule has 2 aliphatic heterocycles. The molecule has 1 aromatic heterocycles. The fourth-order valence-electron chi connectivity index (χ4n) is 12.2. The Hall–Kier alpha value is -9.06. The molecule has 2 aliphatic carbocycles. The molecule has 0 saturated carbocycles. The number of fused-ring (bicyclic) bond motifs is 14. The summed E-state index contributed by atoms with van der Waals surface area (Å²) in [4.78, 5) is 14.7. The van der Waals surface area contributed by atoms with E-state index in [9.17, 15) is 0 Å². The highest BCUT2D eigenvalue weighted by atomic mass is 15.2. The van der Waals surface area contributed by atoms with Crippen LogP contribution in [0, 0.1) is 6.92 Å². The molecule has 1 spiro atoms. The Morgan fingerprint density at radius 2 is 0.930 bits per heavy atom. The summed E-state index contributed by atoms with van der Waals surface area (Å²) >= 11 is 0. The average molecular weight is 913 g/mol. The number of rotatable bonds is 5. The largest absolute Gasteiger partial charge is 0.311 e. The second-order valence-electron chi connectivity index (χ2n) is 18.6. The summed E-state index contributed by atoms with van der Waals surface area (Å²) in [6.07, 6.45) is 0. The van der Waals surface area contributed by atoms with Gasteiger partial charge in [-0.25, -0.2) is 9.97 Å². The van der Waals surface area contributed by atoms with Crippen LogP contribution in [0.25, 0.3) is 56.2 Å². The van der Waals surface area contributed by atoms with Crippen molar-refractivity contribution >= 4 is 57.2 Å². The van der Waals surface area contributed by atoms with Crippen LogP contribution in [0.4, 0.5) is 34.1 Å². The van der Waals surface area contributed by atoms with Crippen molar-refractivity contribution in [3.63, 3.8) is 0 Å². The van der Waals surface area contributed by atoms with Crippen LogP contribution in [-0.4, -0.2) is 16.7 Å². The van der Waals surface area contributed by atoms with Gasteiger partial charge < -0.3 is 9.80 Å². The van der Waals surface area contributed by atoms with Crippen molar-refractivity contribution in [3.05, 3.63) is 270 Å². The molecule has 1 unspecified atom stereocenters. The minimum absolute atomic E-state index is 0.0640. The van der Waals surface area contributed by atoms with Crippen molar-refractivity contribution < 1.29 is 13.7 Å². The Labute approximate surface area is 428 Å². The van der Waals surface area contributed by atoms with E-state index >= 15 is 0 Å². The van der Waals surface area contributed by atoms with Gasteiger partial charge in [0.1, 0.15) is 0 Å². The molecular formula is C66H43BN4. The van der Waals surface area contributed by atoms with Gasteiger partial charge in [-0.15, -0.1) is 0 Å². The van der Waals surface area contributed by atoms with Gasteiger partial charge in [0.15, 0.2) is 5.82 Å². The number of anilines is 6. The normalized spacial score (nSPS) is 17.1. The molecule has 0 fully saturated rings. The lowest BCUT2D eigenvalue weighted by molar-refractivity contribution is 0.794. The molecule has 0 amide bonds. The summed E-state index contributed by atoms with van der Waals surface area (Å²) in [6, 6.07) is 58.6. The van der Waals surface area contributed by atoms with E-state index < -0.39 is 65.8 Å². The Kier molecular flexibility index (Phi) is 6.68. The molecule has 330 valence electrons. The van der Waals surface area contributed by atoms with Crippen LogP contribution in [-0.2, 0) is 5.41 Å². The van der Waals surface area contributed by atoms with Crippen LogP contribution < -0.4 is 26.2 Å². The van der Waals surface area contributed by atoms with Crippen molar-refractivity contribution in [2.45, 2.75) is 12.3 Å². The smallest absolute Gasteiger partial charge is 0.252 e. The Balaban J connectivity index is 0.986. The van der Waals surface area contributed by atoms with Crippen LogP contribution in [0.2, 0.25) is 0 Å². The number of aryl methyl sites for hydroxylation is 1. The third-order valence-corrected chi connectivity index (χ3v) is 14.9. The highest BCUT2D eigenvalue weighted by molar-refractivity contribution is 7.00. The van der Waals surface area contributed by atoms with E-state index in [1.807, 2.05) is 18.2 Å². The zero-order valence-corrected chi connectivity index (χ0v) is 38.2. The van der Waals surface area contributed by atoms with E-state index in [0.29, 0.717) is 5.56 Å². The van der Waals surface area contributed by atoms with Gasteiger partial charge in [-0.1, -0.05) is 182 Å². The average Bonchev–Trinajstić information content (AvgIpc) is 2.03. The molecule has 5 heteroatoms. The summed E-state index contributed by atoms with van der Waals surface area (Å²) in [5.41, 5.74) is 18.9. The predicted octanol–water partition coefficient (Wildman–Crippen LogP) is 14.2. The Morgan fingerprint density at radius 1 is 0.408 bits per heavy atom. The summed E-state index contributed by atoms with van der Waals surface area (Å²) < 4.78 is 86.8. The molecule has 4 aliphatic rings. The van der Waals surface area contributed by atoms with Crippen LogP contribution in [0.5, 0.6) is 0 Å². The first-order chi connectivity index (χ1) is 39.3. The molecular weight excluding hydrogens is 860 g/mol. The Bertz CT molecular complexity index is 4450. The molecule has 0 N–H and O–H groups in total. The van der Waals surface area contributed by atoms with Gasteiger partial charge in [-0.2, -0.15) is 0 Å². The molecule has 0 saturated heterocycles. The summed E-state index contributed by atoms with van der Waals surface area (Å²) in [7, 11) is 0. The van der Waals surface area contributed by atoms with Gasteiger partial charge in [0.05, 0.1) is 30.5 Å². The van der Waals surface area contributed by atoms with Gasteiger partial charge in [-0.3, -0.25) is 0 Å². The Morgan fingerprint density at radius 3 is 1.55 bits per heavy atom. The first-order valence-electron chi connectivity index (χ1n) is 28.8. The van der Waals surface area contributed by atoms with Crippen molar-refractivity contribution in [1.29, 1.82) is 0 Å². The maximum Gasteiger partial charge on any atom is 0.252 e. The molecule has 71 heavy (non-hydrogen) atoms. The monoisotopic (exact) mass is 912 g/mol. The summed E-state index contributed by atoms with van der Waals surface area (Å²) in [5, 5.41) is 0. The van der Waals surface area contributed by atoms with Crippen molar-refractivity contribution in [2.24, 2.45) is 0 Å². The molecule has 4 nitrogen and oxygen atoms in total. The first-order valence-corrected chi connectivity index (χ1v) is 23.8. The molecule has 15 rings (SSSR count). The lowest BCUT2D eigenvalue weighted by Crippen LogP contribution is -2.61. The number of para-hydroxylation sites is 3. The fourth-order valence-corrected chi connectivity index (χ4v) is 12.2. The minimum Gasteiger partial charge on any atom is -0.311 e. The summed E-state index contributed by atoms with van der Waals surface area (Å²) in [5.74, 6) is 0.0640. The lowest BCUT2D eigenvalue weighted by Gasteiger charge is -2.45. The quantitative estimate of drug-likeness (QED) is 0.161. The van der Waals surface area contributed by atoms with E-state index in [-0.39, 0.29) is 35.1 Å². The molecule has 11 aromatic rings. The van der Waals surface area contributed by atoms with E-state index in [1.54, 1.807) is 0 Å². The van der Waals surface area contributed by atoms with Gasteiger partial charge in [0.25, 0.3) is 6.71 Å². The van der Waals surface area contributed by atoms with E-state index in [0.717, 1.165) is 84.2 Å². The summed E-state index contributed by atoms with van der Waals surface area (Å²) in [6.45, 7) is 2.06. The van der Waals surface area contributed by atoms with Crippen LogP contribution >= 0.6 is 0 Å². The molecule has 10 aromatic carbocycles. The van der Waals surface area contributed by atoms with Gasteiger partial charge in [-0.05, 0) is 134 Å². The second-order valence-corrected chi connectivity index (χ2v) is 18.6. The van der Waals surface area contributed by atoms with E-state index in [1.165, 1.54) is 22.5 Å². The maximum atomic E-state index is 8.97. The SMILES string of the molecule is [2H]c1c([2H])c([2H])c(-c2cc(-c3c([2H])c([2H])c([2H])c([2H])c3[2H])nc(-c3ccc4c(c3)-c3ccccc3C43c4ccccc4-c4cc5c(cc43)N(c3ccccc3)c3cc(C)cc4c3B5c3ccccc3N4c3ccccc3)n2)c([2H])c1[2H]. The number of nitrogens with zero attached hydrogens (tertiary/aromatic N) is 4. The van der Waals surface area contributed by atoms with Crippen LogP contribution in [0.15, 0.2) is 242 Å². The first kappa shape index (κ1) is 31.1. The highest BCUT2D eigenvalue weighted by Crippen LogP contribution is 2.64. The molecule has 3 heterocycles. The number of aromatic nitrogens is 2. The zero-order chi connectivity index (χ0) is 55.5. The maximum absolute atomic E-state index is 8.97. The number of hydrogen-bond acceptors (Lipinski definition) is 4. The molecule has 1 atom stereocenters. The van der Waals surface area contributed by atoms with Gasteiger partial charge in [0.2, 0.25) is 0 Å².